The van der Waals surface area contributed by atoms with Gasteiger partial charge in [-0.05, 0) is 24.7 Å². The standard InChI is InChI=1S/C10H16O2/c1-4-7-5-8(6-9(11)12)10(7,2)3/h4,8H,5-6H2,1-3H3,(H,11,12)/b7-4-. The molecule has 0 spiro atoms. The molecule has 1 aliphatic rings. The van der Waals surface area contributed by atoms with Gasteiger partial charge in [0.15, 0.2) is 0 Å². The van der Waals surface area contributed by atoms with Crippen LogP contribution in [-0.2, 0) is 4.79 Å². The van der Waals surface area contributed by atoms with Gasteiger partial charge in [-0.1, -0.05) is 25.5 Å². The number of allylic oxidation sites excluding steroid dienone is 2. The summed E-state index contributed by atoms with van der Waals surface area (Å²) in [7, 11) is 0. The van der Waals surface area contributed by atoms with E-state index in [9.17, 15) is 4.79 Å². The van der Waals surface area contributed by atoms with Crippen LogP contribution in [0.15, 0.2) is 11.6 Å². The smallest absolute Gasteiger partial charge is 0.303 e. The molecule has 2 heteroatoms. The Kier molecular flexibility index (Phi) is 2.27. The fourth-order valence-electron chi connectivity index (χ4n) is 1.94. The van der Waals surface area contributed by atoms with E-state index in [-0.39, 0.29) is 5.41 Å². The highest BCUT2D eigenvalue weighted by Gasteiger charge is 2.43. The van der Waals surface area contributed by atoms with Crippen LogP contribution in [0.25, 0.3) is 0 Å². The first-order valence-corrected chi connectivity index (χ1v) is 4.36. The number of carboxylic acids is 1. The molecule has 0 aromatic rings. The van der Waals surface area contributed by atoms with Crippen molar-refractivity contribution < 1.29 is 9.90 Å². The van der Waals surface area contributed by atoms with E-state index < -0.39 is 5.97 Å². The first-order chi connectivity index (χ1) is 5.48. The molecule has 1 N–H and O–H groups in total. The Morgan fingerprint density at radius 2 is 2.33 bits per heavy atom. The van der Waals surface area contributed by atoms with Gasteiger partial charge < -0.3 is 5.11 Å². The molecule has 0 bridgehead atoms. The van der Waals surface area contributed by atoms with Crippen molar-refractivity contribution in [2.75, 3.05) is 0 Å². The maximum Gasteiger partial charge on any atom is 0.303 e. The average Bonchev–Trinajstić information content (AvgIpc) is 1.96. The van der Waals surface area contributed by atoms with E-state index in [1.54, 1.807) is 0 Å². The minimum Gasteiger partial charge on any atom is -0.481 e. The lowest BCUT2D eigenvalue weighted by Crippen LogP contribution is -2.38. The summed E-state index contributed by atoms with van der Waals surface area (Å²) in [6, 6.07) is 0. The van der Waals surface area contributed by atoms with Crippen LogP contribution in [0.4, 0.5) is 0 Å². The molecule has 1 aliphatic carbocycles. The van der Waals surface area contributed by atoms with Crippen LogP contribution in [0.3, 0.4) is 0 Å². The van der Waals surface area contributed by atoms with E-state index in [2.05, 4.69) is 19.9 Å². The Morgan fingerprint density at radius 3 is 2.67 bits per heavy atom. The highest BCUT2D eigenvalue weighted by molar-refractivity contribution is 5.67. The molecule has 2 nitrogen and oxygen atoms in total. The van der Waals surface area contributed by atoms with E-state index in [1.165, 1.54) is 5.57 Å². The van der Waals surface area contributed by atoms with Gasteiger partial charge >= 0.3 is 5.97 Å². The second kappa shape index (κ2) is 2.92. The number of aliphatic carboxylic acids is 1. The van der Waals surface area contributed by atoms with Gasteiger partial charge in [0.1, 0.15) is 0 Å². The van der Waals surface area contributed by atoms with Crippen LogP contribution in [0.2, 0.25) is 0 Å². The summed E-state index contributed by atoms with van der Waals surface area (Å²) in [4.78, 5) is 10.5. The number of rotatable bonds is 2. The fraction of sp³-hybridized carbons (Fsp3) is 0.700. The maximum atomic E-state index is 10.5. The molecule has 0 heterocycles. The largest absolute Gasteiger partial charge is 0.481 e. The Labute approximate surface area is 73.3 Å². The first kappa shape index (κ1) is 9.30. The summed E-state index contributed by atoms with van der Waals surface area (Å²) < 4.78 is 0. The molecular weight excluding hydrogens is 152 g/mol. The number of hydrogen-bond donors (Lipinski definition) is 1. The van der Waals surface area contributed by atoms with Gasteiger partial charge in [0.2, 0.25) is 0 Å². The molecule has 68 valence electrons. The van der Waals surface area contributed by atoms with Gasteiger partial charge in [-0.15, -0.1) is 0 Å². The summed E-state index contributed by atoms with van der Waals surface area (Å²) in [5.41, 5.74) is 1.52. The van der Waals surface area contributed by atoms with Crippen molar-refractivity contribution in [3.8, 4) is 0 Å². The normalized spacial score (nSPS) is 29.9. The van der Waals surface area contributed by atoms with Crippen molar-refractivity contribution in [2.24, 2.45) is 11.3 Å². The van der Waals surface area contributed by atoms with Crippen molar-refractivity contribution in [3.63, 3.8) is 0 Å². The van der Waals surface area contributed by atoms with E-state index in [0.29, 0.717) is 12.3 Å². The Hall–Kier alpha value is -0.790. The monoisotopic (exact) mass is 168 g/mol. The SMILES string of the molecule is C/C=C1/CC(CC(=O)O)C1(C)C. The highest BCUT2D eigenvalue weighted by atomic mass is 16.4. The van der Waals surface area contributed by atoms with Gasteiger partial charge in [0, 0.05) is 6.42 Å². The molecule has 1 unspecified atom stereocenters. The lowest BCUT2D eigenvalue weighted by molar-refractivity contribution is -0.139. The fourth-order valence-corrected chi connectivity index (χ4v) is 1.94. The topological polar surface area (TPSA) is 37.3 Å². The Balaban J connectivity index is 2.59. The summed E-state index contributed by atoms with van der Waals surface area (Å²) in [6.07, 6.45) is 3.39. The van der Waals surface area contributed by atoms with Crippen LogP contribution in [0.1, 0.15) is 33.6 Å². The van der Waals surface area contributed by atoms with Gasteiger partial charge in [-0.2, -0.15) is 0 Å². The molecule has 1 atom stereocenters. The van der Waals surface area contributed by atoms with Crippen LogP contribution in [0, 0.1) is 11.3 Å². The number of hydrogen-bond acceptors (Lipinski definition) is 1. The quantitative estimate of drug-likeness (QED) is 0.643. The lowest BCUT2D eigenvalue weighted by Gasteiger charge is -2.47. The van der Waals surface area contributed by atoms with E-state index in [1.807, 2.05) is 6.92 Å². The highest BCUT2D eigenvalue weighted by Crippen LogP contribution is 2.52. The number of carboxylic acid groups (broad SMARTS) is 1. The van der Waals surface area contributed by atoms with Gasteiger partial charge in [0.05, 0.1) is 0 Å². The van der Waals surface area contributed by atoms with Crippen molar-refractivity contribution >= 4 is 5.97 Å². The van der Waals surface area contributed by atoms with E-state index in [4.69, 9.17) is 5.11 Å². The predicted molar refractivity (Wildman–Crippen MR) is 47.9 cm³/mol. The zero-order valence-corrected chi connectivity index (χ0v) is 7.92. The van der Waals surface area contributed by atoms with Crippen LogP contribution in [0.5, 0.6) is 0 Å². The minimum absolute atomic E-state index is 0.118. The summed E-state index contributed by atoms with van der Waals surface area (Å²) >= 11 is 0. The molecule has 1 rings (SSSR count). The molecule has 0 radical (unpaired) electrons. The van der Waals surface area contributed by atoms with Crippen LogP contribution >= 0.6 is 0 Å². The third-order valence-electron chi connectivity index (χ3n) is 3.08. The van der Waals surface area contributed by atoms with Crippen molar-refractivity contribution in [2.45, 2.75) is 33.6 Å². The third-order valence-corrected chi connectivity index (χ3v) is 3.08. The lowest BCUT2D eigenvalue weighted by atomic mass is 9.57. The molecule has 0 aliphatic heterocycles. The minimum atomic E-state index is -0.678. The maximum absolute atomic E-state index is 10.5. The van der Waals surface area contributed by atoms with Gasteiger partial charge in [-0.25, -0.2) is 0 Å². The molecule has 0 amide bonds. The summed E-state index contributed by atoms with van der Waals surface area (Å²) in [6.45, 7) is 6.27. The first-order valence-electron chi connectivity index (χ1n) is 4.36. The molecular formula is C10H16O2. The third kappa shape index (κ3) is 1.38. The van der Waals surface area contributed by atoms with Gasteiger partial charge in [0.25, 0.3) is 0 Å². The molecule has 12 heavy (non-hydrogen) atoms. The predicted octanol–water partition coefficient (Wildman–Crippen LogP) is 2.45. The van der Waals surface area contributed by atoms with Crippen molar-refractivity contribution in [1.82, 2.24) is 0 Å². The average molecular weight is 168 g/mol. The zero-order chi connectivity index (χ0) is 9.35. The zero-order valence-electron chi connectivity index (χ0n) is 7.92. The number of carbonyl (C=O) groups is 1. The van der Waals surface area contributed by atoms with E-state index >= 15 is 0 Å². The van der Waals surface area contributed by atoms with Gasteiger partial charge in [-0.3, -0.25) is 4.79 Å². The van der Waals surface area contributed by atoms with Crippen LogP contribution in [-0.4, -0.2) is 11.1 Å². The molecule has 0 aromatic carbocycles. The summed E-state index contributed by atoms with van der Waals surface area (Å²) in [5, 5.41) is 8.62. The van der Waals surface area contributed by atoms with Crippen molar-refractivity contribution in [3.05, 3.63) is 11.6 Å². The Morgan fingerprint density at radius 1 is 1.75 bits per heavy atom. The van der Waals surface area contributed by atoms with Crippen LogP contribution < -0.4 is 0 Å². The van der Waals surface area contributed by atoms with E-state index in [0.717, 1.165) is 6.42 Å². The molecule has 0 aromatic heterocycles. The summed E-state index contributed by atoms with van der Waals surface area (Å²) in [5.74, 6) is -0.343. The molecule has 0 saturated heterocycles. The second-order valence-corrected chi connectivity index (χ2v) is 4.03. The molecule has 1 saturated carbocycles. The molecule has 1 fully saturated rings. The van der Waals surface area contributed by atoms with Crippen molar-refractivity contribution in [1.29, 1.82) is 0 Å². The Bertz CT molecular complexity index is 226. The second-order valence-electron chi connectivity index (χ2n) is 4.03.